The lowest BCUT2D eigenvalue weighted by molar-refractivity contribution is 0.102. The summed E-state index contributed by atoms with van der Waals surface area (Å²) in [6, 6.07) is 13.4. The maximum Gasteiger partial charge on any atom is 0.257 e. The molecular weight excluding hydrogens is 376 g/mol. The van der Waals surface area contributed by atoms with Crippen molar-refractivity contribution in [2.45, 2.75) is 32.2 Å². The van der Waals surface area contributed by atoms with Gasteiger partial charge < -0.3 is 0 Å². The highest BCUT2D eigenvalue weighted by atomic mass is 32.1. The zero-order chi connectivity index (χ0) is 18.5. The fourth-order valence-corrected chi connectivity index (χ4v) is 5.06. The topological polar surface area (TPSA) is 58.1 Å². The van der Waals surface area contributed by atoms with Crippen LogP contribution >= 0.6 is 22.7 Å². The second-order valence-electron chi connectivity index (χ2n) is 6.69. The molecule has 1 aliphatic rings. The molecule has 140 valence electrons. The highest BCUT2D eigenvalue weighted by Gasteiger charge is 2.14. The Morgan fingerprint density at radius 2 is 1.74 bits per heavy atom. The summed E-state index contributed by atoms with van der Waals surface area (Å²) < 4.78 is 0. The number of nitrogens with zero attached hydrogens (tertiary/aromatic N) is 3. The van der Waals surface area contributed by atoms with Gasteiger partial charge in [0.15, 0.2) is 5.01 Å². The van der Waals surface area contributed by atoms with Gasteiger partial charge in [-0.1, -0.05) is 42.4 Å². The number of rotatable bonds is 5. The predicted octanol–water partition coefficient (Wildman–Crippen LogP) is 4.89. The average molecular weight is 399 g/mol. The van der Waals surface area contributed by atoms with Crippen molar-refractivity contribution in [2.75, 3.05) is 18.4 Å². The Bertz CT molecular complexity index is 882. The molecule has 1 saturated heterocycles. The van der Waals surface area contributed by atoms with Gasteiger partial charge in [0, 0.05) is 17.0 Å². The van der Waals surface area contributed by atoms with E-state index in [9.17, 15) is 4.79 Å². The Kier molecular flexibility index (Phi) is 5.91. The van der Waals surface area contributed by atoms with Crippen molar-refractivity contribution in [3.63, 3.8) is 0 Å². The number of nitrogens with one attached hydrogen (secondary N) is 1. The van der Waals surface area contributed by atoms with Crippen molar-refractivity contribution >= 4 is 33.7 Å². The minimum atomic E-state index is -0.161. The van der Waals surface area contributed by atoms with Gasteiger partial charge in [0.25, 0.3) is 5.91 Å². The van der Waals surface area contributed by atoms with Gasteiger partial charge in [0.05, 0.1) is 4.88 Å². The normalized spacial score (nSPS) is 15.4. The van der Waals surface area contributed by atoms with Crippen molar-refractivity contribution in [1.82, 2.24) is 15.1 Å². The fraction of sp³-hybridized carbons (Fsp3) is 0.350. The summed E-state index contributed by atoms with van der Waals surface area (Å²) in [7, 11) is 0. The van der Waals surface area contributed by atoms with Crippen LogP contribution in [0.5, 0.6) is 0 Å². The lowest BCUT2D eigenvalue weighted by Crippen LogP contribution is -2.23. The van der Waals surface area contributed by atoms with Gasteiger partial charge in [-0.3, -0.25) is 15.0 Å². The molecular formula is C20H22N4OS2. The molecule has 1 N–H and O–H groups in total. The van der Waals surface area contributed by atoms with Crippen LogP contribution in [0.25, 0.3) is 9.88 Å². The summed E-state index contributed by atoms with van der Waals surface area (Å²) in [6.07, 6.45) is 5.32. The molecule has 1 amide bonds. The second-order valence-corrected chi connectivity index (χ2v) is 8.83. The smallest absolute Gasteiger partial charge is 0.257 e. The standard InChI is InChI=1S/C20H22N4OS2/c25-18(15-8-4-3-5-9-15)21-20-23-22-19(27-20)17-11-10-16(26-17)14-24-12-6-1-2-7-13-24/h3-5,8-11H,1-2,6-7,12-14H2,(H,21,23,25). The summed E-state index contributed by atoms with van der Waals surface area (Å²) in [5, 5.41) is 12.6. The molecule has 1 aromatic carbocycles. The van der Waals surface area contributed by atoms with Crippen molar-refractivity contribution in [2.24, 2.45) is 0 Å². The molecule has 1 aliphatic heterocycles. The minimum absolute atomic E-state index is 0.161. The van der Waals surface area contributed by atoms with Crippen LogP contribution in [0.2, 0.25) is 0 Å². The number of anilines is 1. The summed E-state index contributed by atoms with van der Waals surface area (Å²) >= 11 is 3.18. The first-order valence-corrected chi connectivity index (χ1v) is 10.9. The van der Waals surface area contributed by atoms with E-state index >= 15 is 0 Å². The molecule has 0 radical (unpaired) electrons. The molecule has 0 atom stereocenters. The van der Waals surface area contributed by atoms with Gasteiger partial charge in [0.2, 0.25) is 5.13 Å². The summed E-state index contributed by atoms with van der Waals surface area (Å²) in [4.78, 5) is 17.3. The molecule has 3 heterocycles. The number of hydrogen-bond acceptors (Lipinski definition) is 6. The number of amides is 1. The largest absolute Gasteiger partial charge is 0.298 e. The molecule has 4 rings (SSSR count). The first-order valence-electron chi connectivity index (χ1n) is 9.29. The fourth-order valence-electron chi connectivity index (χ4n) is 3.22. The predicted molar refractivity (Wildman–Crippen MR) is 111 cm³/mol. The Balaban J connectivity index is 1.40. The molecule has 0 bridgehead atoms. The zero-order valence-corrected chi connectivity index (χ0v) is 16.7. The summed E-state index contributed by atoms with van der Waals surface area (Å²) in [5.74, 6) is -0.161. The van der Waals surface area contributed by atoms with Crippen molar-refractivity contribution in [3.8, 4) is 9.88 Å². The van der Waals surface area contributed by atoms with Crippen LogP contribution in [-0.2, 0) is 6.54 Å². The number of thiophene rings is 1. The third-order valence-electron chi connectivity index (χ3n) is 4.63. The van der Waals surface area contributed by atoms with Gasteiger partial charge >= 0.3 is 0 Å². The van der Waals surface area contributed by atoms with E-state index in [0.29, 0.717) is 10.7 Å². The van der Waals surface area contributed by atoms with Crippen LogP contribution in [0, 0.1) is 0 Å². The van der Waals surface area contributed by atoms with Crippen molar-refractivity contribution < 1.29 is 4.79 Å². The van der Waals surface area contributed by atoms with Gasteiger partial charge in [0.1, 0.15) is 0 Å². The zero-order valence-electron chi connectivity index (χ0n) is 15.1. The minimum Gasteiger partial charge on any atom is -0.298 e. The Hall–Kier alpha value is -2.09. The number of carbonyl (C=O) groups excluding carboxylic acids is 1. The van der Waals surface area contributed by atoms with E-state index in [1.165, 1.54) is 55.0 Å². The molecule has 0 unspecified atom stereocenters. The third kappa shape index (κ3) is 4.80. The van der Waals surface area contributed by atoms with Crippen LogP contribution in [0.3, 0.4) is 0 Å². The summed E-state index contributed by atoms with van der Waals surface area (Å²) in [5.41, 5.74) is 0.616. The van der Waals surface area contributed by atoms with E-state index in [2.05, 4.69) is 32.5 Å². The SMILES string of the molecule is O=C(Nc1nnc(-c2ccc(CN3CCCCCC3)s2)s1)c1ccccc1. The van der Waals surface area contributed by atoms with Crippen LogP contribution in [0.4, 0.5) is 5.13 Å². The highest BCUT2D eigenvalue weighted by molar-refractivity contribution is 7.23. The molecule has 27 heavy (non-hydrogen) atoms. The number of aromatic nitrogens is 2. The monoisotopic (exact) mass is 398 g/mol. The number of hydrogen-bond donors (Lipinski definition) is 1. The molecule has 3 aromatic rings. The van der Waals surface area contributed by atoms with E-state index in [4.69, 9.17) is 0 Å². The van der Waals surface area contributed by atoms with E-state index in [-0.39, 0.29) is 5.91 Å². The Morgan fingerprint density at radius 1 is 0.963 bits per heavy atom. The first-order chi connectivity index (χ1) is 13.3. The number of carbonyl (C=O) groups is 1. The molecule has 2 aromatic heterocycles. The van der Waals surface area contributed by atoms with E-state index in [1.54, 1.807) is 23.5 Å². The average Bonchev–Trinajstić information content (AvgIpc) is 3.27. The van der Waals surface area contributed by atoms with Crippen LogP contribution in [0.15, 0.2) is 42.5 Å². The highest BCUT2D eigenvalue weighted by Crippen LogP contribution is 2.33. The molecule has 7 heteroatoms. The molecule has 0 aliphatic carbocycles. The summed E-state index contributed by atoms with van der Waals surface area (Å²) in [6.45, 7) is 3.41. The van der Waals surface area contributed by atoms with Gasteiger partial charge in [-0.15, -0.1) is 21.5 Å². The number of benzene rings is 1. The van der Waals surface area contributed by atoms with Gasteiger partial charge in [-0.25, -0.2) is 0 Å². The Morgan fingerprint density at radius 3 is 2.52 bits per heavy atom. The van der Waals surface area contributed by atoms with Crippen LogP contribution in [0.1, 0.15) is 40.9 Å². The molecule has 0 saturated carbocycles. The quantitative estimate of drug-likeness (QED) is 0.664. The van der Waals surface area contributed by atoms with E-state index in [0.717, 1.165) is 16.4 Å². The molecule has 1 fully saturated rings. The Labute approximate surface area is 167 Å². The van der Waals surface area contributed by atoms with E-state index in [1.807, 2.05) is 18.2 Å². The molecule has 5 nitrogen and oxygen atoms in total. The van der Waals surface area contributed by atoms with Crippen LogP contribution in [-0.4, -0.2) is 34.1 Å². The lowest BCUT2D eigenvalue weighted by Gasteiger charge is -2.18. The lowest BCUT2D eigenvalue weighted by atomic mass is 10.2. The van der Waals surface area contributed by atoms with Gasteiger partial charge in [-0.05, 0) is 50.2 Å². The third-order valence-corrected chi connectivity index (χ3v) is 6.71. The number of likely N-dealkylation sites (tertiary alicyclic amines) is 1. The first kappa shape index (κ1) is 18.3. The van der Waals surface area contributed by atoms with Crippen molar-refractivity contribution in [3.05, 3.63) is 52.9 Å². The molecule has 0 spiro atoms. The van der Waals surface area contributed by atoms with Crippen LogP contribution < -0.4 is 5.32 Å². The second kappa shape index (κ2) is 8.73. The maximum atomic E-state index is 12.2. The van der Waals surface area contributed by atoms with Crippen molar-refractivity contribution in [1.29, 1.82) is 0 Å². The van der Waals surface area contributed by atoms with E-state index < -0.39 is 0 Å². The van der Waals surface area contributed by atoms with Gasteiger partial charge in [-0.2, -0.15) is 0 Å². The maximum absolute atomic E-state index is 12.2.